The molecule has 0 N–H and O–H groups in total. The van der Waals surface area contributed by atoms with Crippen LogP contribution in [0.2, 0.25) is 0 Å². The minimum Gasteiger partial charge on any atom is -0.308 e. The Hall–Kier alpha value is -9.40. The molecule has 2 aromatic heterocycles. The molecule has 10 aromatic rings. The largest absolute Gasteiger partial charge is 0.416 e. The summed E-state index contributed by atoms with van der Waals surface area (Å²) in [5, 5.41) is 23.0. The number of nitriles is 2. The van der Waals surface area contributed by atoms with Gasteiger partial charge in [-0.25, -0.2) is 14.5 Å². The molecule has 0 aliphatic heterocycles. The van der Waals surface area contributed by atoms with E-state index in [-0.39, 0.29) is 11.3 Å². The van der Waals surface area contributed by atoms with Crippen molar-refractivity contribution in [3.63, 3.8) is 0 Å². The van der Waals surface area contributed by atoms with E-state index in [0.717, 1.165) is 66.9 Å². The quantitative estimate of drug-likeness (QED) is 0.162. The number of nitrogens with zero attached hydrogens (tertiary/aromatic N) is 7. The zero-order valence-electron chi connectivity index (χ0n) is 34.2. The second kappa shape index (κ2) is 15.2. The van der Waals surface area contributed by atoms with Crippen LogP contribution in [0, 0.1) is 49.3 Å². The average Bonchev–Trinajstić information content (AvgIpc) is 3.84. The first-order chi connectivity index (χ1) is 31.5. The second-order valence-corrected chi connectivity index (χ2v) is 15.7. The van der Waals surface area contributed by atoms with Crippen molar-refractivity contribution in [2.24, 2.45) is 0 Å². The summed E-state index contributed by atoms with van der Waals surface area (Å²) in [7, 11) is 0. The number of benzene rings is 8. The van der Waals surface area contributed by atoms with Crippen molar-refractivity contribution < 1.29 is 13.2 Å². The van der Waals surface area contributed by atoms with E-state index in [4.69, 9.17) is 19.7 Å². The van der Waals surface area contributed by atoms with Gasteiger partial charge >= 0.3 is 6.18 Å². The van der Waals surface area contributed by atoms with Crippen LogP contribution in [0.4, 0.5) is 30.2 Å². The molecule has 10 heteroatoms. The van der Waals surface area contributed by atoms with Crippen LogP contribution >= 0.6 is 0 Å². The summed E-state index contributed by atoms with van der Waals surface area (Å²) >= 11 is 0. The van der Waals surface area contributed by atoms with Crippen molar-refractivity contribution in [3.05, 3.63) is 208 Å². The van der Waals surface area contributed by atoms with E-state index in [1.807, 2.05) is 91.0 Å². The van der Waals surface area contributed by atoms with Gasteiger partial charge in [0.1, 0.15) is 0 Å². The SMILES string of the molecule is [C-]#[N+]c1cc(C#N)cc(-c2ccc3c(c2)c2ccccc2n3-c2cc([N+]#[C-])c(-c3cc(C)cc(C(F)(F)F)c3)cc2-n2c3ccccc3c3cc(-c4cc(C#N)cc([N+]#[C-])c4)ccc32)c1. The summed E-state index contributed by atoms with van der Waals surface area (Å²) < 4.78 is 47.3. The maximum Gasteiger partial charge on any atom is 0.416 e. The molecular weight excluding hydrogens is 816 g/mol. The molecule has 0 aliphatic rings. The smallest absolute Gasteiger partial charge is 0.308 e. The Morgan fingerprint density at radius 3 is 1.45 bits per heavy atom. The minimum absolute atomic E-state index is 0.154. The lowest BCUT2D eigenvalue weighted by Crippen LogP contribution is -2.06. The molecule has 0 amide bonds. The number of hydrogen-bond acceptors (Lipinski definition) is 2. The Morgan fingerprint density at radius 1 is 0.477 bits per heavy atom. The first-order valence-corrected chi connectivity index (χ1v) is 20.2. The normalized spacial score (nSPS) is 11.3. The van der Waals surface area contributed by atoms with Crippen LogP contribution < -0.4 is 0 Å². The van der Waals surface area contributed by atoms with Gasteiger partial charge in [0, 0.05) is 32.7 Å². The van der Waals surface area contributed by atoms with Gasteiger partial charge in [0.15, 0.2) is 17.1 Å². The Bertz CT molecular complexity index is 3840. The Labute approximate surface area is 370 Å². The first kappa shape index (κ1) is 39.7. The monoisotopic (exact) mass is 843 g/mol. The lowest BCUT2D eigenvalue weighted by Gasteiger charge is -2.20. The lowest BCUT2D eigenvalue weighted by atomic mass is 9.97. The topological polar surface area (TPSA) is 70.5 Å². The van der Waals surface area contributed by atoms with Crippen LogP contribution in [0.15, 0.2) is 152 Å². The molecule has 0 saturated heterocycles. The van der Waals surface area contributed by atoms with Gasteiger partial charge in [-0.15, -0.1) is 0 Å². The van der Waals surface area contributed by atoms with Crippen molar-refractivity contribution in [2.75, 3.05) is 0 Å². The van der Waals surface area contributed by atoms with Gasteiger partial charge in [-0.2, -0.15) is 23.7 Å². The second-order valence-electron chi connectivity index (χ2n) is 15.7. The summed E-state index contributed by atoms with van der Waals surface area (Å²) in [4.78, 5) is 11.1. The molecule has 0 fully saturated rings. The van der Waals surface area contributed by atoms with E-state index in [1.165, 1.54) is 0 Å². The standard InChI is InChI=1S/C55H28F3N7/c1-32-17-39(23-40(18-32)55(56,57)58)45-28-53(64-49-11-7-5-9-43(49)46-26-35(13-15-51(46)64)37-19-33(30-59)21-41(24-37)61-2)54(29-48(45)63-4)65-50-12-8-6-10-44(50)47-27-36(14-16-52(47)65)38-20-34(31-60)22-42(25-38)62-3/h5-29H,1H3. The molecular formula is C55H28F3N7. The van der Waals surface area contributed by atoms with Crippen LogP contribution in [0.3, 0.4) is 0 Å². The van der Waals surface area contributed by atoms with E-state index < -0.39 is 11.7 Å². The van der Waals surface area contributed by atoms with Gasteiger partial charge in [-0.05, 0) is 143 Å². The third kappa shape index (κ3) is 6.66. The number of aryl methyl sites for hydroxylation is 1. The fourth-order valence-corrected chi connectivity index (χ4v) is 8.99. The van der Waals surface area contributed by atoms with Gasteiger partial charge in [-0.3, -0.25) is 0 Å². The number of halogens is 3. The zero-order chi connectivity index (χ0) is 45.1. The molecule has 8 aromatic carbocycles. The van der Waals surface area contributed by atoms with E-state index in [2.05, 4.69) is 35.8 Å². The highest BCUT2D eigenvalue weighted by molar-refractivity contribution is 6.13. The third-order valence-electron chi connectivity index (χ3n) is 11.8. The van der Waals surface area contributed by atoms with E-state index in [0.29, 0.717) is 56.1 Å². The molecule has 0 unspecified atom stereocenters. The van der Waals surface area contributed by atoms with Gasteiger partial charge in [0.25, 0.3) is 0 Å². The average molecular weight is 844 g/mol. The van der Waals surface area contributed by atoms with Gasteiger partial charge in [-0.1, -0.05) is 54.6 Å². The summed E-state index contributed by atoms with van der Waals surface area (Å²) in [6.45, 7) is 25.4. The van der Waals surface area contributed by atoms with Gasteiger partial charge < -0.3 is 9.13 Å². The molecule has 2 heterocycles. The van der Waals surface area contributed by atoms with Gasteiger partial charge in [0.05, 0.1) is 70.9 Å². The number of fused-ring (bicyclic) bond motifs is 6. The van der Waals surface area contributed by atoms with Crippen LogP contribution in [0.1, 0.15) is 22.3 Å². The Morgan fingerprint density at radius 2 is 0.969 bits per heavy atom. The first-order valence-electron chi connectivity index (χ1n) is 20.2. The van der Waals surface area contributed by atoms with E-state index in [9.17, 15) is 23.7 Å². The molecule has 0 saturated carbocycles. The van der Waals surface area contributed by atoms with Crippen molar-refractivity contribution in [2.45, 2.75) is 13.1 Å². The highest BCUT2D eigenvalue weighted by Gasteiger charge is 2.32. The van der Waals surface area contributed by atoms with E-state index >= 15 is 0 Å². The fourth-order valence-electron chi connectivity index (χ4n) is 8.99. The van der Waals surface area contributed by atoms with Crippen molar-refractivity contribution in [1.29, 1.82) is 10.5 Å². The van der Waals surface area contributed by atoms with Crippen LogP contribution in [0.5, 0.6) is 0 Å². The van der Waals surface area contributed by atoms with Crippen molar-refractivity contribution in [1.82, 2.24) is 9.13 Å². The lowest BCUT2D eigenvalue weighted by molar-refractivity contribution is -0.137. The fraction of sp³-hybridized carbons (Fsp3) is 0.0364. The number of rotatable bonds is 5. The number of alkyl halides is 3. The minimum atomic E-state index is -4.62. The zero-order valence-corrected chi connectivity index (χ0v) is 34.2. The third-order valence-corrected chi connectivity index (χ3v) is 11.8. The maximum absolute atomic E-state index is 14.4. The number of para-hydroxylation sites is 2. The molecule has 0 spiro atoms. The molecule has 7 nitrogen and oxygen atoms in total. The van der Waals surface area contributed by atoms with Crippen molar-refractivity contribution in [3.8, 4) is 56.9 Å². The highest BCUT2D eigenvalue weighted by Crippen LogP contribution is 2.45. The highest BCUT2D eigenvalue weighted by atomic mass is 19.4. The van der Waals surface area contributed by atoms with Crippen LogP contribution in [-0.2, 0) is 6.18 Å². The molecule has 0 bridgehead atoms. The number of hydrogen-bond donors (Lipinski definition) is 0. The van der Waals surface area contributed by atoms with Crippen LogP contribution in [0.25, 0.3) is 103 Å². The summed E-state index contributed by atoms with van der Waals surface area (Å²) in [6, 6.07) is 49.3. The number of aromatic nitrogens is 2. The Balaban J connectivity index is 1.31. The maximum atomic E-state index is 14.4. The molecule has 65 heavy (non-hydrogen) atoms. The molecule has 0 radical (unpaired) electrons. The van der Waals surface area contributed by atoms with E-state index in [1.54, 1.807) is 55.5 Å². The van der Waals surface area contributed by atoms with Gasteiger partial charge in [0.2, 0.25) is 0 Å². The molecule has 304 valence electrons. The summed E-state index contributed by atoms with van der Waals surface area (Å²) in [5.74, 6) is 0. The summed E-state index contributed by atoms with van der Waals surface area (Å²) in [5.41, 5.74) is 9.06. The predicted octanol–water partition coefficient (Wildman–Crippen LogP) is 15.6. The Kier molecular flexibility index (Phi) is 9.29. The summed E-state index contributed by atoms with van der Waals surface area (Å²) in [6.07, 6.45) is -4.62. The molecule has 0 atom stereocenters. The molecule has 10 rings (SSSR count). The van der Waals surface area contributed by atoms with Crippen molar-refractivity contribution >= 4 is 60.7 Å². The van der Waals surface area contributed by atoms with Crippen LogP contribution in [-0.4, -0.2) is 9.13 Å². The predicted molar refractivity (Wildman–Crippen MR) is 249 cm³/mol. The molecule has 0 aliphatic carbocycles.